The van der Waals surface area contributed by atoms with Gasteiger partial charge in [-0.3, -0.25) is 4.79 Å². The Labute approximate surface area is 215 Å². The lowest BCUT2D eigenvalue weighted by Gasteiger charge is -2.15. The molecular formula is C26H27Cl3N2O3. The SMILES string of the molecule is COc1cc(CNc2cccc(NC(=O)CC(C)C)c2)cc(Cl)c1OCc1ccc(Cl)c(Cl)c1. The van der Waals surface area contributed by atoms with Crippen LogP contribution in [0.2, 0.25) is 15.1 Å². The molecule has 0 aromatic heterocycles. The highest BCUT2D eigenvalue weighted by atomic mass is 35.5. The molecule has 0 unspecified atom stereocenters. The largest absolute Gasteiger partial charge is 0.493 e. The van der Waals surface area contributed by atoms with Crippen molar-refractivity contribution < 1.29 is 14.3 Å². The third-order valence-corrected chi connectivity index (χ3v) is 5.91. The highest BCUT2D eigenvalue weighted by Gasteiger charge is 2.13. The maximum atomic E-state index is 12.0. The van der Waals surface area contributed by atoms with Crippen molar-refractivity contribution in [3.8, 4) is 11.5 Å². The Kier molecular flexibility index (Phi) is 9.34. The van der Waals surface area contributed by atoms with Crippen molar-refractivity contribution in [2.24, 2.45) is 5.92 Å². The number of amides is 1. The first-order chi connectivity index (χ1) is 16.2. The van der Waals surface area contributed by atoms with E-state index < -0.39 is 0 Å². The van der Waals surface area contributed by atoms with Crippen molar-refractivity contribution in [2.75, 3.05) is 17.7 Å². The van der Waals surface area contributed by atoms with Crippen molar-refractivity contribution in [3.63, 3.8) is 0 Å². The Morgan fingerprint density at radius 3 is 2.35 bits per heavy atom. The fourth-order valence-electron chi connectivity index (χ4n) is 3.29. The second-order valence-electron chi connectivity index (χ2n) is 8.23. The minimum absolute atomic E-state index is 0.000119. The average molecular weight is 522 g/mol. The van der Waals surface area contributed by atoms with E-state index in [0.717, 1.165) is 22.5 Å². The second kappa shape index (κ2) is 12.2. The maximum Gasteiger partial charge on any atom is 0.224 e. The van der Waals surface area contributed by atoms with Gasteiger partial charge in [0.05, 0.1) is 22.2 Å². The summed E-state index contributed by atoms with van der Waals surface area (Å²) in [4.78, 5) is 12.0. The Morgan fingerprint density at radius 2 is 1.65 bits per heavy atom. The molecule has 0 aliphatic carbocycles. The average Bonchev–Trinajstić information content (AvgIpc) is 2.78. The molecule has 0 heterocycles. The zero-order valence-corrected chi connectivity index (χ0v) is 21.5. The molecule has 5 nitrogen and oxygen atoms in total. The molecule has 0 radical (unpaired) electrons. The summed E-state index contributed by atoms with van der Waals surface area (Å²) in [5.74, 6) is 1.28. The topological polar surface area (TPSA) is 59.6 Å². The summed E-state index contributed by atoms with van der Waals surface area (Å²) in [6.07, 6.45) is 0.482. The number of hydrogen-bond donors (Lipinski definition) is 2. The Bertz CT molecular complexity index is 1150. The molecule has 0 saturated carbocycles. The van der Waals surface area contributed by atoms with Gasteiger partial charge in [0.25, 0.3) is 0 Å². The number of benzene rings is 3. The summed E-state index contributed by atoms with van der Waals surface area (Å²) >= 11 is 18.6. The van der Waals surface area contributed by atoms with Crippen LogP contribution < -0.4 is 20.1 Å². The number of rotatable bonds is 10. The van der Waals surface area contributed by atoms with Crippen LogP contribution in [-0.2, 0) is 17.9 Å². The van der Waals surface area contributed by atoms with Gasteiger partial charge in [0, 0.05) is 24.3 Å². The normalized spacial score (nSPS) is 10.8. The first-order valence-corrected chi connectivity index (χ1v) is 12.0. The van der Waals surface area contributed by atoms with Crippen LogP contribution in [0.25, 0.3) is 0 Å². The predicted molar refractivity (Wildman–Crippen MR) is 141 cm³/mol. The highest BCUT2D eigenvalue weighted by molar-refractivity contribution is 6.42. The molecule has 180 valence electrons. The Balaban J connectivity index is 1.66. The quantitative estimate of drug-likeness (QED) is 0.285. The number of carbonyl (C=O) groups is 1. The van der Waals surface area contributed by atoms with E-state index in [4.69, 9.17) is 44.3 Å². The van der Waals surface area contributed by atoms with Gasteiger partial charge in [0.15, 0.2) is 11.5 Å². The number of nitrogens with one attached hydrogen (secondary N) is 2. The van der Waals surface area contributed by atoms with Crippen LogP contribution in [0.1, 0.15) is 31.4 Å². The molecular weight excluding hydrogens is 495 g/mol. The predicted octanol–water partition coefficient (Wildman–Crippen LogP) is 7.83. The van der Waals surface area contributed by atoms with Gasteiger partial charge in [0.1, 0.15) is 6.61 Å². The molecule has 3 aromatic rings. The maximum absolute atomic E-state index is 12.0. The Hall–Kier alpha value is -2.60. The van der Waals surface area contributed by atoms with Gasteiger partial charge < -0.3 is 20.1 Å². The number of ether oxygens (including phenoxy) is 2. The van der Waals surface area contributed by atoms with E-state index in [2.05, 4.69) is 10.6 Å². The van der Waals surface area contributed by atoms with E-state index in [-0.39, 0.29) is 12.5 Å². The molecule has 0 atom stereocenters. The van der Waals surface area contributed by atoms with E-state index in [1.807, 2.05) is 56.3 Å². The molecule has 2 N–H and O–H groups in total. The molecule has 1 amide bonds. The van der Waals surface area contributed by atoms with E-state index in [1.54, 1.807) is 19.2 Å². The summed E-state index contributed by atoms with van der Waals surface area (Å²) in [6, 6.07) is 16.6. The minimum atomic E-state index is 0.000119. The molecule has 0 fully saturated rings. The first kappa shape index (κ1) is 26.0. The van der Waals surface area contributed by atoms with Gasteiger partial charge in [-0.05, 0) is 59.5 Å². The van der Waals surface area contributed by atoms with Crippen LogP contribution in [-0.4, -0.2) is 13.0 Å². The van der Waals surface area contributed by atoms with Crippen LogP contribution in [0.4, 0.5) is 11.4 Å². The van der Waals surface area contributed by atoms with Gasteiger partial charge in [-0.25, -0.2) is 0 Å². The van der Waals surface area contributed by atoms with E-state index in [9.17, 15) is 4.79 Å². The Morgan fingerprint density at radius 1 is 0.912 bits per heavy atom. The fraction of sp³-hybridized carbons (Fsp3) is 0.269. The standard InChI is InChI=1S/C26H27Cl3N2O3/c1-16(2)9-25(32)31-20-6-4-5-19(13-20)30-14-18-11-23(29)26(24(12-18)33-3)34-15-17-7-8-21(27)22(28)10-17/h4-8,10-13,16,30H,9,14-15H2,1-3H3,(H,31,32). The molecule has 0 aliphatic heterocycles. The van der Waals surface area contributed by atoms with Gasteiger partial charge in [-0.1, -0.05) is 60.8 Å². The minimum Gasteiger partial charge on any atom is -0.493 e. The van der Waals surface area contributed by atoms with Crippen molar-refractivity contribution in [1.82, 2.24) is 0 Å². The number of halogens is 3. The van der Waals surface area contributed by atoms with Crippen molar-refractivity contribution >= 4 is 52.1 Å². The number of carbonyl (C=O) groups excluding carboxylic acids is 1. The van der Waals surface area contributed by atoms with Crippen molar-refractivity contribution in [3.05, 3.63) is 80.8 Å². The molecule has 0 saturated heterocycles. The smallest absolute Gasteiger partial charge is 0.224 e. The van der Waals surface area contributed by atoms with Gasteiger partial charge >= 0.3 is 0 Å². The summed E-state index contributed by atoms with van der Waals surface area (Å²) in [5.41, 5.74) is 3.39. The zero-order valence-electron chi connectivity index (χ0n) is 19.3. The summed E-state index contributed by atoms with van der Waals surface area (Å²) in [6.45, 7) is 4.80. The third kappa shape index (κ3) is 7.45. The van der Waals surface area contributed by atoms with Crippen LogP contribution in [0.3, 0.4) is 0 Å². The fourth-order valence-corrected chi connectivity index (χ4v) is 3.90. The lowest BCUT2D eigenvalue weighted by atomic mass is 10.1. The van der Waals surface area contributed by atoms with Crippen molar-refractivity contribution in [1.29, 1.82) is 0 Å². The summed E-state index contributed by atoms with van der Waals surface area (Å²) in [5, 5.41) is 7.66. The van der Waals surface area contributed by atoms with Crippen LogP contribution in [0.5, 0.6) is 11.5 Å². The second-order valence-corrected chi connectivity index (χ2v) is 9.45. The molecule has 3 rings (SSSR count). The molecule has 0 aliphatic rings. The van der Waals surface area contributed by atoms with E-state index in [1.165, 1.54) is 0 Å². The molecule has 0 spiro atoms. The zero-order chi connectivity index (χ0) is 24.7. The summed E-state index contributed by atoms with van der Waals surface area (Å²) in [7, 11) is 1.57. The number of hydrogen-bond acceptors (Lipinski definition) is 4. The third-order valence-electron chi connectivity index (χ3n) is 4.89. The van der Waals surface area contributed by atoms with Crippen LogP contribution in [0, 0.1) is 5.92 Å². The molecule has 34 heavy (non-hydrogen) atoms. The van der Waals surface area contributed by atoms with Crippen molar-refractivity contribution in [2.45, 2.75) is 33.4 Å². The van der Waals surface area contributed by atoms with E-state index in [0.29, 0.717) is 45.5 Å². The summed E-state index contributed by atoms with van der Waals surface area (Å²) < 4.78 is 11.4. The monoisotopic (exact) mass is 520 g/mol. The van der Waals surface area contributed by atoms with Gasteiger partial charge in [-0.15, -0.1) is 0 Å². The van der Waals surface area contributed by atoms with Gasteiger partial charge in [-0.2, -0.15) is 0 Å². The lowest BCUT2D eigenvalue weighted by Crippen LogP contribution is -2.13. The number of anilines is 2. The van der Waals surface area contributed by atoms with Crippen LogP contribution >= 0.6 is 34.8 Å². The van der Waals surface area contributed by atoms with E-state index >= 15 is 0 Å². The molecule has 3 aromatic carbocycles. The molecule has 0 bridgehead atoms. The number of methoxy groups -OCH3 is 1. The molecule has 8 heteroatoms. The first-order valence-electron chi connectivity index (χ1n) is 10.8. The lowest BCUT2D eigenvalue weighted by molar-refractivity contribution is -0.116. The highest BCUT2D eigenvalue weighted by Crippen LogP contribution is 2.37. The van der Waals surface area contributed by atoms with Gasteiger partial charge in [0.2, 0.25) is 5.91 Å². The van der Waals surface area contributed by atoms with Crippen LogP contribution in [0.15, 0.2) is 54.6 Å².